The van der Waals surface area contributed by atoms with Gasteiger partial charge in [0.1, 0.15) is 5.25 Å². The predicted octanol–water partition coefficient (Wildman–Crippen LogP) is 3.46. The fraction of sp³-hybridized carbons (Fsp3) is 0.211. The molecule has 1 fully saturated rings. The number of amides is 3. The summed E-state index contributed by atoms with van der Waals surface area (Å²) in [5.41, 5.74) is 2.58. The maximum absolute atomic E-state index is 12.4. The first-order valence-electron chi connectivity index (χ1n) is 8.20. The van der Waals surface area contributed by atoms with Gasteiger partial charge in [-0.25, -0.2) is 0 Å². The van der Waals surface area contributed by atoms with Crippen LogP contribution in [0.25, 0.3) is 0 Å². The fourth-order valence-corrected chi connectivity index (χ4v) is 3.50. The Morgan fingerprint density at radius 2 is 1.73 bits per heavy atom. The quantitative estimate of drug-likeness (QED) is 0.815. The molecule has 1 unspecified atom stereocenters. The summed E-state index contributed by atoms with van der Waals surface area (Å²) >= 11 is 0.895. The van der Waals surface area contributed by atoms with E-state index in [-0.39, 0.29) is 30.1 Å². The molecular formula is C19H19N3O3S. The van der Waals surface area contributed by atoms with Gasteiger partial charge in [-0.05, 0) is 31.2 Å². The maximum Gasteiger partial charge on any atom is 0.290 e. The van der Waals surface area contributed by atoms with Crippen LogP contribution in [0.2, 0.25) is 0 Å². The first-order chi connectivity index (χ1) is 12.5. The number of hydrogen-bond acceptors (Lipinski definition) is 5. The number of hydrogen-bond donors (Lipinski definition) is 2. The Morgan fingerprint density at radius 3 is 2.42 bits per heavy atom. The van der Waals surface area contributed by atoms with Crippen LogP contribution < -0.4 is 10.6 Å². The Hall–Kier alpha value is -2.80. The molecule has 0 saturated carbocycles. The molecule has 0 bridgehead atoms. The summed E-state index contributed by atoms with van der Waals surface area (Å²) in [7, 11) is 0. The zero-order valence-electron chi connectivity index (χ0n) is 14.3. The second-order valence-corrected chi connectivity index (χ2v) is 7.11. The molecule has 0 radical (unpaired) electrons. The van der Waals surface area contributed by atoms with Crippen LogP contribution in [0.5, 0.6) is 0 Å². The van der Waals surface area contributed by atoms with E-state index in [1.54, 1.807) is 12.1 Å². The van der Waals surface area contributed by atoms with Crippen LogP contribution in [0.1, 0.15) is 12.0 Å². The lowest BCUT2D eigenvalue weighted by Crippen LogP contribution is -2.36. The number of imide groups is 1. The number of rotatable bonds is 6. The standard InChI is InChI=1S/C19H19N3O3S/c1-13-7-9-15(10-8-13)21-17(23)11-16-18(24)22(19(25)26-16)12-20-14-5-3-2-4-6-14/h2-10,16,20H,11-12H2,1H3,(H,21,23). The van der Waals surface area contributed by atoms with Crippen molar-refractivity contribution in [3.8, 4) is 0 Å². The summed E-state index contributed by atoms with van der Waals surface area (Å²) in [6.45, 7) is 2.05. The molecule has 0 spiro atoms. The van der Waals surface area contributed by atoms with E-state index in [1.165, 1.54) is 0 Å². The van der Waals surface area contributed by atoms with E-state index in [9.17, 15) is 14.4 Å². The molecule has 6 nitrogen and oxygen atoms in total. The van der Waals surface area contributed by atoms with Crippen molar-refractivity contribution in [3.63, 3.8) is 0 Å². The average molecular weight is 369 g/mol. The lowest BCUT2D eigenvalue weighted by Gasteiger charge is -2.15. The molecule has 1 aliphatic heterocycles. The van der Waals surface area contributed by atoms with Gasteiger partial charge in [0.2, 0.25) is 11.8 Å². The Balaban J connectivity index is 1.54. The zero-order chi connectivity index (χ0) is 18.5. The van der Waals surface area contributed by atoms with Gasteiger partial charge < -0.3 is 10.6 Å². The molecule has 2 aromatic carbocycles. The molecule has 1 aliphatic rings. The van der Waals surface area contributed by atoms with Crippen molar-refractivity contribution in [3.05, 3.63) is 60.2 Å². The molecule has 2 N–H and O–H groups in total. The van der Waals surface area contributed by atoms with Gasteiger partial charge >= 0.3 is 0 Å². The van der Waals surface area contributed by atoms with Gasteiger partial charge in [0.15, 0.2) is 0 Å². The number of aryl methyl sites for hydroxylation is 1. The Labute approximate surface area is 156 Å². The second-order valence-electron chi connectivity index (χ2n) is 5.96. The van der Waals surface area contributed by atoms with Gasteiger partial charge in [-0.3, -0.25) is 19.3 Å². The van der Waals surface area contributed by atoms with Crippen molar-refractivity contribution < 1.29 is 14.4 Å². The van der Waals surface area contributed by atoms with Gasteiger partial charge in [-0.1, -0.05) is 47.7 Å². The lowest BCUT2D eigenvalue weighted by atomic mass is 10.2. The van der Waals surface area contributed by atoms with E-state index < -0.39 is 5.25 Å². The number of nitrogens with one attached hydrogen (secondary N) is 2. The van der Waals surface area contributed by atoms with Crippen molar-refractivity contribution in [2.45, 2.75) is 18.6 Å². The van der Waals surface area contributed by atoms with Crippen molar-refractivity contribution >= 4 is 40.2 Å². The van der Waals surface area contributed by atoms with E-state index >= 15 is 0 Å². The molecule has 26 heavy (non-hydrogen) atoms. The molecule has 1 atom stereocenters. The van der Waals surface area contributed by atoms with Crippen molar-refractivity contribution in [2.75, 3.05) is 17.3 Å². The van der Waals surface area contributed by atoms with Crippen LogP contribution in [0.4, 0.5) is 16.2 Å². The number of carbonyl (C=O) groups is 3. The monoisotopic (exact) mass is 369 g/mol. The number of carbonyl (C=O) groups excluding carboxylic acids is 3. The minimum absolute atomic E-state index is 0.0368. The Kier molecular flexibility index (Phi) is 5.58. The zero-order valence-corrected chi connectivity index (χ0v) is 15.1. The van der Waals surface area contributed by atoms with Gasteiger partial charge in [0.05, 0.1) is 6.67 Å². The van der Waals surface area contributed by atoms with Crippen molar-refractivity contribution in [2.24, 2.45) is 0 Å². The first-order valence-corrected chi connectivity index (χ1v) is 9.08. The van der Waals surface area contributed by atoms with Gasteiger partial charge in [0.25, 0.3) is 5.24 Å². The van der Waals surface area contributed by atoms with E-state index in [0.717, 1.165) is 27.9 Å². The highest BCUT2D eigenvalue weighted by Crippen LogP contribution is 2.29. The summed E-state index contributed by atoms with van der Waals surface area (Å²) in [6, 6.07) is 16.7. The van der Waals surface area contributed by atoms with E-state index in [1.807, 2.05) is 49.4 Å². The number of nitrogens with zero attached hydrogens (tertiary/aromatic N) is 1. The van der Waals surface area contributed by atoms with Crippen molar-refractivity contribution in [1.29, 1.82) is 0 Å². The highest BCUT2D eigenvalue weighted by Gasteiger charge is 2.40. The summed E-state index contributed by atoms with van der Waals surface area (Å²) in [5, 5.41) is 4.76. The predicted molar refractivity (Wildman–Crippen MR) is 103 cm³/mol. The van der Waals surface area contributed by atoms with Gasteiger partial charge in [-0.2, -0.15) is 0 Å². The van der Waals surface area contributed by atoms with Crippen LogP contribution >= 0.6 is 11.8 Å². The summed E-state index contributed by atoms with van der Waals surface area (Å²) in [6.07, 6.45) is -0.0368. The van der Waals surface area contributed by atoms with Crippen LogP contribution in [0, 0.1) is 6.92 Å². The largest absolute Gasteiger partial charge is 0.367 e. The minimum Gasteiger partial charge on any atom is -0.367 e. The molecule has 0 aliphatic carbocycles. The Bertz CT molecular complexity index is 809. The fourth-order valence-electron chi connectivity index (χ4n) is 2.51. The molecule has 7 heteroatoms. The summed E-state index contributed by atoms with van der Waals surface area (Å²) in [4.78, 5) is 37.8. The van der Waals surface area contributed by atoms with Crippen LogP contribution in [-0.2, 0) is 9.59 Å². The van der Waals surface area contributed by atoms with Crippen molar-refractivity contribution in [1.82, 2.24) is 4.90 Å². The lowest BCUT2D eigenvalue weighted by molar-refractivity contribution is -0.128. The molecule has 0 aromatic heterocycles. The summed E-state index contributed by atoms with van der Waals surface area (Å²) < 4.78 is 0. The third-order valence-corrected chi connectivity index (χ3v) is 5.00. The molecule has 2 aromatic rings. The van der Waals surface area contributed by atoms with E-state index in [0.29, 0.717) is 5.69 Å². The number of benzene rings is 2. The van der Waals surface area contributed by atoms with Gasteiger partial charge in [-0.15, -0.1) is 0 Å². The molecular weight excluding hydrogens is 350 g/mol. The normalized spacial score (nSPS) is 16.7. The van der Waals surface area contributed by atoms with E-state index in [4.69, 9.17) is 0 Å². The van der Waals surface area contributed by atoms with Crippen LogP contribution in [-0.4, -0.2) is 33.9 Å². The van der Waals surface area contributed by atoms with Gasteiger partial charge in [0, 0.05) is 17.8 Å². The molecule has 1 saturated heterocycles. The number of anilines is 2. The molecule has 134 valence electrons. The second kappa shape index (κ2) is 8.05. The first kappa shape index (κ1) is 18.0. The SMILES string of the molecule is Cc1ccc(NC(=O)CC2SC(=O)N(CNc3ccccc3)C2=O)cc1. The molecule has 3 rings (SSSR count). The highest BCUT2D eigenvalue weighted by molar-refractivity contribution is 8.15. The third-order valence-electron chi connectivity index (χ3n) is 3.93. The third kappa shape index (κ3) is 4.43. The number of thioether (sulfide) groups is 1. The Morgan fingerprint density at radius 1 is 1.04 bits per heavy atom. The van der Waals surface area contributed by atoms with Crippen LogP contribution in [0.3, 0.4) is 0 Å². The number of para-hydroxylation sites is 1. The summed E-state index contributed by atoms with van der Waals surface area (Å²) in [5.74, 6) is -0.632. The highest BCUT2D eigenvalue weighted by atomic mass is 32.2. The molecule has 3 amide bonds. The average Bonchev–Trinajstić information content (AvgIpc) is 2.89. The molecule has 1 heterocycles. The maximum atomic E-state index is 12.4. The topological polar surface area (TPSA) is 78.5 Å². The smallest absolute Gasteiger partial charge is 0.290 e. The van der Waals surface area contributed by atoms with E-state index in [2.05, 4.69) is 10.6 Å². The van der Waals surface area contributed by atoms with Crippen LogP contribution in [0.15, 0.2) is 54.6 Å². The minimum atomic E-state index is -0.689.